The molecule has 1 saturated heterocycles. The van der Waals surface area contributed by atoms with Gasteiger partial charge in [0.05, 0.1) is 11.9 Å². The molecule has 1 aromatic heterocycles. The molecule has 0 radical (unpaired) electrons. The number of nitrogen functional groups attached to an aromatic ring is 1. The lowest BCUT2D eigenvalue weighted by molar-refractivity contribution is 0.322. The molecule has 0 saturated carbocycles. The van der Waals surface area contributed by atoms with Crippen LogP contribution in [0.25, 0.3) is 0 Å². The number of hydrogen-bond acceptors (Lipinski definition) is 3. The maximum absolute atomic E-state index is 5.60. The molecule has 88 valence electrons. The quantitative estimate of drug-likeness (QED) is 0.831. The van der Waals surface area contributed by atoms with Gasteiger partial charge in [-0.3, -0.25) is 0 Å². The highest BCUT2D eigenvalue weighted by Gasteiger charge is 2.22. The second-order valence-corrected chi connectivity index (χ2v) is 5.03. The summed E-state index contributed by atoms with van der Waals surface area (Å²) in [5.41, 5.74) is 6.81. The molecular formula is C13H21N3. The predicted molar refractivity (Wildman–Crippen MR) is 68.4 cm³/mol. The maximum atomic E-state index is 5.60. The molecule has 3 nitrogen and oxygen atoms in total. The molecular weight excluding hydrogens is 198 g/mol. The third-order valence-electron chi connectivity index (χ3n) is 3.54. The molecule has 1 atom stereocenters. The lowest BCUT2D eigenvalue weighted by Gasteiger charge is -2.36. The fraction of sp³-hybridized carbons (Fsp3) is 0.615. The Balaban J connectivity index is 2.06. The van der Waals surface area contributed by atoms with E-state index in [-0.39, 0.29) is 0 Å². The number of nitrogens with two attached hydrogens (primary N) is 1. The van der Waals surface area contributed by atoms with Crippen molar-refractivity contribution in [3.63, 3.8) is 0 Å². The van der Waals surface area contributed by atoms with Crippen LogP contribution < -0.4 is 10.6 Å². The molecule has 0 bridgehead atoms. The van der Waals surface area contributed by atoms with Crippen molar-refractivity contribution in [3.05, 3.63) is 18.3 Å². The first-order valence-electron chi connectivity index (χ1n) is 6.13. The summed E-state index contributed by atoms with van der Waals surface area (Å²) in [6, 6.07) is 3.96. The van der Waals surface area contributed by atoms with Gasteiger partial charge in [-0.25, -0.2) is 4.98 Å². The van der Waals surface area contributed by atoms with E-state index in [1.807, 2.05) is 12.3 Å². The Bertz CT molecular complexity index is 332. The van der Waals surface area contributed by atoms with Gasteiger partial charge in [0.15, 0.2) is 0 Å². The van der Waals surface area contributed by atoms with Gasteiger partial charge in [0.2, 0.25) is 0 Å². The first-order valence-corrected chi connectivity index (χ1v) is 6.13. The van der Waals surface area contributed by atoms with Gasteiger partial charge in [-0.05, 0) is 36.8 Å². The Morgan fingerprint density at radius 2 is 2.25 bits per heavy atom. The molecule has 1 aliphatic heterocycles. The normalized spacial score (nSPS) is 21.4. The van der Waals surface area contributed by atoms with Crippen molar-refractivity contribution in [2.45, 2.75) is 26.7 Å². The summed E-state index contributed by atoms with van der Waals surface area (Å²) < 4.78 is 0. The van der Waals surface area contributed by atoms with Crippen molar-refractivity contribution in [3.8, 4) is 0 Å². The van der Waals surface area contributed by atoms with Crippen molar-refractivity contribution in [1.82, 2.24) is 4.98 Å². The van der Waals surface area contributed by atoms with Crippen LogP contribution in [0.15, 0.2) is 18.3 Å². The minimum atomic E-state index is 0.598. The highest BCUT2D eigenvalue weighted by atomic mass is 15.1. The Labute approximate surface area is 97.7 Å². The van der Waals surface area contributed by atoms with Gasteiger partial charge in [0.25, 0.3) is 0 Å². The number of aromatic nitrogens is 1. The van der Waals surface area contributed by atoms with Crippen molar-refractivity contribution < 1.29 is 0 Å². The molecule has 0 aliphatic carbocycles. The molecule has 2 heterocycles. The summed E-state index contributed by atoms with van der Waals surface area (Å²) in [4.78, 5) is 6.59. The SMILES string of the molecule is CC(C)C1CCCN(c2ccc(N)nc2)C1. The second kappa shape index (κ2) is 4.73. The van der Waals surface area contributed by atoms with Gasteiger partial charge in [-0.15, -0.1) is 0 Å². The smallest absolute Gasteiger partial charge is 0.123 e. The lowest BCUT2D eigenvalue weighted by atomic mass is 9.88. The van der Waals surface area contributed by atoms with Gasteiger partial charge < -0.3 is 10.6 Å². The zero-order chi connectivity index (χ0) is 11.5. The van der Waals surface area contributed by atoms with Crippen LogP contribution in [0.4, 0.5) is 11.5 Å². The highest BCUT2D eigenvalue weighted by molar-refractivity contribution is 5.48. The van der Waals surface area contributed by atoms with Gasteiger partial charge in [0.1, 0.15) is 5.82 Å². The highest BCUT2D eigenvalue weighted by Crippen LogP contribution is 2.27. The summed E-state index contributed by atoms with van der Waals surface area (Å²) in [6.07, 6.45) is 4.53. The Hall–Kier alpha value is -1.25. The largest absolute Gasteiger partial charge is 0.384 e. The van der Waals surface area contributed by atoms with E-state index in [2.05, 4.69) is 29.8 Å². The molecule has 0 aromatic carbocycles. The molecule has 3 heteroatoms. The van der Waals surface area contributed by atoms with Crippen molar-refractivity contribution >= 4 is 11.5 Å². The first kappa shape index (κ1) is 11.2. The van der Waals surface area contributed by atoms with Gasteiger partial charge in [-0.1, -0.05) is 13.8 Å². The maximum Gasteiger partial charge on any atom is 0.123 e. The van der Waals surface area contributed by atoms with E-state index in [4.69, 9.17) is 5.73 Å². The molecule has 0 amide bonds. The number of piperidine rings is 1. The average molecular weight is 219 g/mol. The summed E-state index contributed by atoms with van der Waals surface area (Å²) in [5.74, 6) is 2.18. The van der Waals surface area contributed by atoms with Crippen LogP contribution >= 0.6 is 0 Å². The Kier molecular flexibility index (Phi) is 3.32. The average Bonchev–Trinajstić information content (AvgIpc) is 2.30. The van der Waals surface area contributed by atoms with Crippen LogP contribution in [0.2, 0.25) is 0 Å². The van der Waals surface area contributed by atoms with E-state index in [1.54, 1.807) is 0 Å². The van der Waals surface area contributed by atoms with E-state index >= 15 is 0 Å². The summed E-state index contributed by atoms with van der Waals surface area (Å²) in [6.45, 7) is 6.93. The van der Waals surface area contributed by atoms with E-state index < -0.39 is 0 Å². The van der Waals surface area contributed by atoms with E-state index in [9.17, 15) is 0 Å². The molecule has 2 N–H and O–H groups in total. The van der Waals surface area contributed by atoms with Crippen LogP contribution in [-0.4, -0.2) is 18.1 Å². The molecule has 2 rings (SSSR count). The molecule has 1 aromatic rings. The lowest BCUT2D eigenvalue weighted by Crippen LogP contribution is -2.37. The minimum Gasteiger partial charge on any atom is -0.384 e. The molecule has 1 aliphatic rings. The third kappa shape index (κ3) is 2.46. The van der Waals surface area contributed by atoms with Gasteiger partial charge in [-0.2, -0.15) is 0 Å². The molecule has 0 spiro atoms. The molecule has 1 fully saturated rings. The summed E-state index contributed by atoms with van der Waals surface area (Å²) in [5, 5.41) is 0. The van der Waals surface area contributed by atoms with Crippen molar-refractivity contribution in [2.24, 2.45) is 11.8 Å². The van der Waals surface area contributed by atoms with Crippen LogP contribution in [0.3, 0.4) is 0 Å². The van der Waals surface area contributed by atoms with E-state index in [0.29, 0.717) is 5.82 Å². The van der Waals surface area contributed by atoms with Crippen molar-refractivity contribution in [2.75, 3.05) is 23.7 Å². The van der Waals surface area contributed by atoms with Crippen molar-refractivity contribution in [1.29, 1.82) is 0 Å². The monoisotopic (exact) mass is 219 g/mol. The third-order valence-corrected chi connectivity index (χ3v) is 3.54. The number of rotatable bonds is 2. The minimum absolute atomic E-state index is 0.598. The first-order chi connectivity index (χ1) is 7.66. The van der Waals surface area contributed by atoms with Gasteiger partial charge >= 0.3 is 0 Å². The second-order valence-electron chi connectivity index (χ2n) is 5.03. The summed E-state index contributed by atoms with van der Waals surface area (Å²) in [7, 11) is 0. The Morgan fingerprint density at radius 3 is 2.88 bits per heavy atom. The van der Waals surface area contributed by atoms with Gasteiger partial charge in [0, 0.05) is 13.1 Å². The fourth-order valence-electron chi connectivity index (χ4n) is 2.37. The number of hydrogen-bond donors (Lipinski definition) is 1. The summed E-state index contributed by atoms with van der Waals surface area (Å²) >= 11 is 0. The molecule has 16 heavy (non-hydrogen) atoms. The number of pyridine rings is 1. The Morgan fingerprint density at radius 1 is 1.44 bits per heavy atom. The fourth-order valence-corrected chi connectivity index (χ4v) is 2.37. The van der Waals surface area contributed by atoms with Crippen LogP contribution in [0, 0.1) is 11.8 Å². The number of anilines is 2. The zero-order valence-electron chi connectivity index (χ0n) is 10.2. The van der Waals surface area contributed by atoms with Crippen LogP contribution in [-0.2, 0) is 0 Å². The van der Waals surface area contributed by atoms with E-state index in [0.717, 1.165) is 24.9 Å². The van der Waals surface area contributed by atoms with Crippen LogP contribution in [0.1, 0.15) is 26.7 Å². The zero-order valence-corrected chi connectivity index (χ0v) is 10.2. The molecule has 1 unspecified atom stereocenters. The topological polar surface area (TPSA) is 42.1 Å². The number of nitrogens with zero attached hydrogens (tertiary/aromatic N) is 2. The van der Waals surface area contributed by atoms with E-state index in [1.165, 1.54) is 18.5 Å². The standard InChI is InChI=1S/C13H21N3/c1-10(2)11-4-3-7-16(9-11)12-5-6-13(14)15-8-12/h5-6,8,10-11H,3-4,7,9H2,1-2H3,(H2,14,15). The predicted octanol–water partition coefficient (Wildman–Crippen LogP) is 2.54. The van der Waals surface area contributed by atoms with Crippen LogP contribution in [0.5, 0.6) is 0 Å².